The summed E-state index contributed by atoms with van der Waals surface area (Å²) >= 11 is 5.98. The zero-order valence-electron chi connectivity index (χ0n) is 8.09. The van der Waals surface area contributed by atoms with E-state index in [9.17, 15) is 4.79 Å². The summed E-state index contributed by atoms with van der Waals surface area (Å²) < 4.78 is 0. The van der Waals surface area contributed by atoms with Crippen molar-refractivity contribution in [3.63, 3.8) is 0 Å². The summed E-state index contributed by atoms with van der Waals surface area (Å²) in [6.07, 6.45) is 0. The lowest BCUT2D eigenvalue weighted by Crippen LogP contribution is -2.70. The van der Waals surface area contributed by atoms with Gasteiger partial charge in [0.1, 0.15) is 5.54 Å². The maximum Gasteiger partial charge on any atom is 0.245 e. The van der Waals surface area contributed by atoms with Crippen molar-refractivity contribution in [3.05, 3.63) is 29.3 Å². The smallest absolute Gasteiger partial charge is 0.245 e. The van der Waals surface area contributed by atoms with Gasteiger partial charge in [0, 0.05) is 13.1 Å². The molecule has 1 aliphatic rings. The molecule has 0 spiro atoms. The van der Waals surface area contributed by atoms with E-state index in [1.807, 2.05) is 18.2 Å². The molecule has 0 unspecified atom stereocenters. The van der Waals surface area contributed by atoms with Crippen LogP contribution in [0.5, 0.6) is 0 Å². The topological polar surface area (TPSA) is 67.2 Å². The first-order valence-corrected chi connectivity index (χ1v) is 5.05. The number of carbonyl (C=O) groups is 1. The molecule has 5 heteroatoms. The van der Waals surface area contributed by atoms with E-state index in [-0.39, 0.29) is 5.91 Å². The summed E-state index contributed by atoms with van der Waals surface area (Å²) in [5.74, 6) is -0.360. The van der Waals surface area contributed by atoms with Gasteiger partial charge in [-0.2, -0.15) is 0 Å². The SMILES string of the molecule is NC(=O)C1(Nc2ccccc2Cl)CNC1. The molecule has 0 radical (unpaired) electrons. The number of nitrogens with one attached hydrogen (secondary N) is 2. The van der Waals surface area contributed by atoms with Crippen LogP contribution in [-0.4, -0.2) is 24.5 Å². The lowest BCUT2D eigenvalue weighted by Gasteiger charge is -2.41. The molecule has 1 aromatic rings. The van der Waals surface area contributed by atoms with Gasteiger partial charge in [-0.15, -0.1) is 0 Å². The van der Waals surface area contributed by atoms with Crippen LogP contribution in [0.25, 0.3) is 0 Å². The van der Waals surface area contributed by atoms with E-state index >= 15 is 0 Å². The van der Waals surface area contributed by atoms with E-state index in [1.54, 1.807) is 6.07 Å². The Bertz CT molecular complexity index is 390. The van der Waals surface area contributed by atoms with Crippen molar-refractivity contribution in [2.45, 2.75) is 5.54 Å². The molecule has 4 N–H and O–H groups in total. The van der Waals surface area contributed by atoms with Gasteiger partial charge in [0.05, 0.1) is 10.7 Å². The monoisotopic (exact) mass is 225 g/mol. The Balaban J connectivity index is 2.21. The third-order valence-corrected chi connectivity index (χ3v) is 2.90. The molecule has 2 rings (SSSR count). The molecule has 1 aromatic carbocycles. The number of hydrogen-bond acceptors (Lipinski definition) is 3. The molecule has 0 aliphatic carbocycles. The maximum absolute atomic E-state index is 11.3. The molecule has 1 aliphatic heterocycles. The predicted molar refractivity (Wildman–Crippen MR) is 59.9 cm³/mol. The lowest BCUT2D eigenvalue weighted by molar-refractivity contribution is -0.123. The van der Waals surface area contributed by atoms with Crippen molar-refractivity contribution >= 4 is 23.2 Å². The fraction of sp³-hybridized carbons (Fsp3) is 0.300. The van der Waals surface area contributed by atoms with Gasteiger partial charge in [0.25, 0.3) is 0 Å². The van der Waals surface area contributed by atoms with Gasteiger partial charge in [0.15, 0.2) is 0 Å². The summed E-state index contributed by atoms with van der Waals surface area (Å²) in [5.41, 5.74) is 5.39. The summed E-state index contributed by atoms with van der Waals surface area (Å²) in [6.45, 7) is 1.07. The Hall–Kier alpha value is -1.26. The van der Waals surface area contributed by atoms with Crippen molar-refractivity contribution in [2.75, 3.05) is 18.4 Å². The zero-order chi connectivity index (χ0) is 10.9. The van der Waals surface area contributed by atoms with E-state index in [0.717, 1.165) is 5.69 Å². The first kappa shape index (κ1) is 10.3. The molecule has 15 heavy (non-hydrogen) atoms. The van der Waals surface area contributed by atoms with Crippen molar-refractivity contribution in [1.29, 1.82) is 0 Å². The van der Waals surface area contributed by atoms with Crippen LogP contribution in [0, 0.1) is 0 Å². The molecule has 0 atom stereocenters. The number of para-hydroxylation sites is 1. The molecule has 4 nitrogen and oxygen atoms in total. The number of nitrogens with two attached hydrogens (primary N) is 1. The zero-order valence-corrected chi connectivity index (χ0v) is 8.84. The van der Waals surface area contributed by atoms with Gasteiger partial charge >= 0.3 is 0 Å². The number of carbonyl (C=O) groups excluding carboxylic acids is 1. The highest BCUT2D eigenvalue weighted by atomic mass is 35.5. The third-order valence-electron chi connectivity index (χ3n) is 2.57. The van der Waals surface area contributed by atoms with Crippen LogP contribution in [0.3, 0.4) is 0 Å². The van der Waals surface area contributed by atoms with E-state index < -0.39 is 5.54 Å². The van der Waals surface area contributed by atoms with Crippen molar-refractivity contribution in [2.24, 2.45) is 5.73 Å². The van der Waals surface area contributed by atoms with E-state index in [2.05, 4.69) is 10.6 Å². The molecule has 1 fully saturated rings. The fourth-order valence-corrected chi connectivity index (χ4v) is 1.70. The van der Waals surface area contributed by atoms with Crippen LogP contribution >= 0.6 is 11.6 Å². The maximum atomic E-state index is 11.3. The normalized spacial score (nSPS) is 17.9. The van der Waals surface area contributed by atoms with Gasteiger partial charge in [-0.25, -0.2) is 0 Å². The number of rotatable bonds is 3. The highest BCUT2D eigenvalue weighted by Crippen LogP contribution is 2.25. The standard InChI is InChI=1S/C10H12ClN3O/c11-7-3-1-2-4-8(7)14-10(9(12)15)5-13-6-10/h1-4,13-14H,5-6H2,(H2,12,15). The van der Waals surface area contributed by atoms with Crippen LogP contribution in [-0.2, 0) is 4.79 Å². The van der Waals surface area contributed by atoms with E-state index in [1.165, 1.54) is 0 Å². The fourth-order valence-electron chi connectivity index (χ4n) is 1.52. The minimum atomic E-state index is -0.689. The van der Waals surface area contributed by atoms with E-state index in [4.69, 9.17) is 17.3 Å². The van der Waals surface area contributed by atoms with Crippen molar-refractivity contribution < 1.29 is 4.79 Å². The third kappa shape index (κ3) is 1.78. The van der Waals surface area contributed by atoms with Crippen molar-refractivity contribution in [3.8, 4) is 0 Å². The average molecular weight is 226 g/mol. The molecular weight excluding hydrogens is 214 g/mol. The minimum absolute atomic E-state index is 0.360. The van der Waals surface area contributed by atoms with Crippen LogP contribution in [0.15, 0.2) is 24.3 Å². The minimum Gasteiger partial charge on any atom is -0.368 e. The van der Waals surface area contributed by atoms with Crippen LogP contribution in [0.4, 0.5) is 5.69 Å². The highest BCUT2D eigenvalue weighted by Gasteiger charge is 2.43. The molecule has 1 saturated heterocycles. The number of amides is 1. The summed E-state index contributed by atoms with van der Waals surface area (Å²) in [7, 11) is 0. The molecule has 1 amide bonds. The Labute approximate surface area is 92.8 Å². The summed E-state index contributed by atoms with van der Waals surface area (Å²) in [6, 6.07) is 7.29. The average Bonchev–Trinajstić information content (AvgIpc) is 2.13. The second kappa shape index (κ2) is 3.72. The summed E-state index contributed by atoms with van der Waals surface area (Å²) in [4.78, 5) is 11.3. The molecule has 0 bridgehead atoms. The molecule has 0 aromatic heterocycles. The number of primary amides is 1. The Morgan fingerprint density at radius 2 is 2.13 bits per heavy atom. The van der Waals surface area contributed by atoms with Crippen molar-refractivity contribution in [1.82, 2.24) is 5.32 Å². The lowest BCUT2D eigenvalue weighted by atomic mass is 9.91. The van der Waals surface area contributed by atoms with Crippen LogP contribution in [0.1, 0.15) is 0 Å². The van der Waals surface area contributed by atoms with Gasteiger partial charge in [-0.05, 0) is 12.1 Å². The second-order valence-electron chi connectivity index (χ2n) is 3.65. The number of hydrogen-bond donors (Lipinski definition) is 3. The largest absolute Gasteiger partial charge is 0.368 e. The molecule has 0 saturated carbocycles. The first-order valence-electron chi connectivity index (χ1n) is 4.67. The Morgan fingerprint density at radius 1 is 1.47 bits per heavy atom. The first-order chi connectivity index (χ1) is 7.14. The quantitative estimate of drug-likeness (QED) is 0.705. The predicted octanol–water partition coefficient (Wildman–Crippen LogP) is 0.579. The molecule has 1 heterocycles. The van der Waals surface area contributed by atoms with Crippen LogP contribution < -0.4 is 16.4 Å². The summed E-state index contributed by atoms with van der Waals surface area (Å²) in [5, 5.41) is 6.70. The highest BCUT2D eigenvalue weighted by molar-refractivity contribution is 6.33. The second-order valence-corrected chi connectivity index (χ2v) is 4.06. The molecular formula is C10H12ClN3O. The van der Waals surface area contributed by atoms with Gasteiger partial charge in [0.2, 0.25) is 5.91 Å². The van der Waals surface area contributed by atoms with E-state index in [0.29, 0.717) is 18.1 Å². The Morgan fingerprint density at radius 3 is 2.60 bits per heavy atom. The Kier molecular flexibility index (Phi) is 2.54. The number of halogens is 1. The van der Waals surface area contributed by atoms with Gasteiger partial charge in [-0.3, -0.25) is 4.79 Å². The number of anilines is 1. The number of benzene rings is 1. The van der Waals surface area contributed by atoms with Crippen LogP contribution in [0.2, 0.25) is 5.02 Å². The molecule has 80 valence electrons. The van der Waals surface area contributed by atoms with Gasteiger partial charge < -0.3 is 16.4 Å². The van der Waals surface area contributed by atoms with Gasteiger partial charge in [-0.1, -0.05) is 23.7 Å².